The normalized spacial score (nSPS) is 16.8. The van der Waals surface area contributed by atoms with Gasteiger partial charge in [0.25, 0.3) is 6.43 Å². The van der Waals surface area contributed by atoms with Crippen LogP contribution < -0.4 is 15.2 Å². The molecule has 0 heterocycles. The molecule has 1 aliphatic carbocycles. The third kappa shape index (κ3) is 2.03. The van der Waals surface area contributed by atoms with Crippen molar-refractivity contribution in [2.75, 3.05) is 20.8 Å². The molecule has 0 atom stereocenters. The Morgan fingerprint density at radius 2 is 1.83 bits per heavy atom. The highest BCUT2D eigenvalue weighted by atomic mass is 19.3. The van der Waals surface area contributed by atoms with E-state index in [2.05, 4.69) is 0 Å². The van der Waals surface area contributed by atoms with Crippen molar-refractivity contribution in [2.24, 2.45) is 5.73 Å². The van der Waals surface area contributed by atoms with Crippen LogP contribution in [0.4, 0.5) is 8.78 Å². The molecule has 18 heavy (non-hydrogen) atoms. The van der Waals surface area contributed by atoms with Gasteiger partial charge in [-0.25, -0.2) is 8.78 Å². The van der Waals surface area contributed by atoms with E-state index < -0.39 is 6.43 Å². The summed E-state index contributed by atoms with van der Waals surface area (Å²) >= 11 is 0. The number of alkyl halides is 2. The predicted molar refractivity (Wildman–Crippen MR) is 64.5 cm³/mol. The van der Waals surface area contributed by atoms with Crippen LogP contribution in [0, 0.1) is 0 Å². The molecule has 1 aromatic rings. The molecule has 2 N–H and O–H groups in total. The van der Waals surface area contributed by atoms with Crippen molar-refractivity contribution in [3.8, 4) is 11.5 Å². The molecule has 0 aromatic heterocycles. The van der Waals surface area contributed by atoms with E-state index in [9.17, 15) is 8.78 Å². The second-order valence-electron chi connectivity index (χ2n) is 4.58. The Morgan fingerprint density at radius 3 is 2.22 bits per heavy atom. The molecular formula is C13H17F2NO2. The summed E-state index contributed by atoms with van der Waals surface area (Å²) in [5.41, 5.74) is 6.37. The molecule has 0 bridgehead atoms. The van der Waals surface area contributed by atoms with E-state index in [-0.39, 0.29) is 16.7 Å². The van der Waals surface area contributed by atoms with Gasteiger partial charge in [0, 0.05) is 17.5 Å². The molecule has 0 aliphatic heterocycles. The minimum atomic E-state index is -2.59. The van der Waals surface area contributed by atoms with Gasteiger partial charge in [0.05, 0.1) is 19.8 Å². The standard InChI is InChI=1S/C13H17F2NO2/c1-17-10-6-9(13(7-16)3-4-13)11(18-2)5-8(10)12(14)15/h5-6,12H,3-4,7,16H2,1-2H3. The van der Waals surface area contributed by atoms with Crippen molar-refractivity contribution in [1.29, 1.82) is 0 Å². The fourth-order valence-corrected chi connectivity index (χ4v) is 2.24. The van der Waals surface area contributed by atoms with Gasteiger partial charge in [-0.2, -0.15) is 0 Å². The largest absolute Gasteiger partial charge is 0.496 e. The monoisotopic (exact) mass is 257 g/mol. The molecule has 1 fully saturated rings. The number of benzene rings is 1. The topological polar surface area (TPSA) is 44.5 Å². The summed E-state index contributed by atoms with van der Waals surface area (Å²) in [7, 11) is 2.87. The number of hydrogen-bond donors (Lipinski definition) is 1. The molecule has 0 saturated heterocycles. The van der Waals surface area contributed by atoms with E-state index in [1.807, 2.05) is 0 Å². The number of halogens is 2. The van der Waals surface area contributed by atoms with Crippen LogP contribution in [0.5, 0.6) is 11.5 Å². The van der Waals surface area contributed by atoms with E-state index in [1.165, 1.54) is 20.3 Å². The smallest absolute Gasteiger partial charge is 0.267 e. The molecule has 0 radical (unpaired) electrons. The number of rotatable bonds is 5. The lowest BCUT2D eigenvalue weighted by Gasteiger charge is -2.20. The van der Waals surface area contributed by atoms with Gasteiger partial charge >= 0.3 is 0 Å². The molecular weight excluding hydrogens is 240 g/mol. The molecule has 100 valence electrons. The second-order valence-corrected chi connectivity index (χ2v) is 4.58. The molecule has 1 saturated carbocycles. The van der Waals surface area contributed by atoms with E-state index in [0.717, 1.165) is 18.4 Å². The quantitative estimate of drug-likeness (QED) is 0.882. The maximum absolute atomic E-state index is 12.9. The molecule has 0 spiro atoms. The zero-order valence-corrected chi connectivity index (χ0v) is 10.5. The second kappa shape index (κ2) is 4.72. The summed E-state index contributed by atoms with van der Waals surface area (Å²) in [5.74, 6) is 0.662. The fraction of sp³-hybridized carbons (Fsp3) is 0.538. The first kappa shape index (κ1) is 13.1. The van der Waals surface area contributed by atoms with Crippen molar-refractivity contribution < 1.29 is 18.3 Å². The van der Waals surface area contributed by atoms with Gasteiger partial charge in [0.2, 0.25) is 0 Å². The first-order chi connectivity index (χ1) is 8.57. The van der Waals surface area contributed by atoms with Crippen LogP contribution in [0.15, 0.2) is 12.1 Å². The van der Waals surface area contributed by atoms with Crippen molar-refractivity contribution in [3.63, 3.8) is 0 Å². The molecule has 1 aromatic carbocycles. The van der Waals surface area contributed by atoms with Crippen LogP contribution in [0.25, 0.3) is 0 Å². The molecule has 3 nitrogen and oxygen atoms in total. The predicted octanol–water partition coefficient (Wildman–Crippen LogP) is 2.63. The SMILES string of the molecule is COc1cc(C2(CN)CC2)c(OC)cc1C(F)F. The summed E-state index contributed by atoms with van der Waals surface area (Å²) in [6, 6.07) is 2.99. The highest BCUT2D eigenvalue weighted by Gasteiger charge is 2.45. The summed E-state index contributed by atoms with van der Waals surface area (Å²) < 4.78 is 36.1. The van der Waals surface area contributed by atoms with Crippen molar-refractivity contribution in [1.82, 2.24) is 0 Å². The number of hydrogen-bond acceptors (Lipinski definition) is 3. The van der Waals surface area contributed by atoms with E-state index >= 15 is 0 Å². The Morgan fingerprint density at radius 1 is 1.22 bits per heavy atom. The number of nitrogens with two attached hydrogens (primary N) is 1. The van der Waals surface area contributed by atoms with Crippen LogP contribution >= 0.6 is 0 Å². The Labute approximate surface area is 105 Å². The fourth-order valence-electron chi connectivity index (χ4n) is 2.24. The van der Waals surface area contributed by atoms with Crippen LogP contribution in [-0.4, -0.2) is 20.8 Å². The Bertz CT molecular complexity index is 445. The van der Waals surface area contributed by atoms with E-state index in [0.29, 0.717) is 12.3 Å². The van der Waals surface area contributed by atoms with Crippen LogP contribution in [0.2, 0.25) is 0 Å². The zero-order chi connectivity index (χ0) is 13.3. The van der Waals surface area contributed by atoms with E-state index in [4.69, 9.17) is 15.2 Å². The van der Waals surface area contributed by atoms with Crippen LogP contribution in [0.1, 0.15) is 30.4 Å². The van der Waals surface area contributed by atoms with Crippen molar-refractivity contribution in [2.45, 2.75) is 24.7 Å². The molecule has 2 rings (SSSR count). The zero-order valence-electron chi connectivity index (χ0n) is 10.5. The van der Waals surface area contributed by atoms with Crippen LogP contribution in [0.3, 0.4) is 0 Å². The average molecular weight is 257 g/mol. The maximum atomic E-state index is 12.9. The minimum absolute atomic E-state index is 0.126. The molecule has 0 amide bonds. The Hall–Kier alpha value is -1.36. The maximum Gasteiger partial charge on any atom is 0.267 e. The molecule has 5 heteroatoms. The minimum Gasteiger partial charge on any atom is -0.496 e. The highest BCUT2D eigenvalue weighted by molar-refractivity contribution is 5.52. The number of ether oxygens (including phenoxy) is 2. The van der Waals surface area contributed by atoms with Gasteiger partial charge in [0.1, 0.15) is 11.5 Å². The summed E-state index contributed by atoms with van der Waals surface area (Å²) in [4.78, 5) is 0. The first-order valence-electron chi connectivity index (χ1n) is 5.82. The molecule has 0 unspecified atom stereocenters. The van der Waals surface area contributed by atoms with Crippen molar-refractivity contribution in [3.05, 3.63) is 23.3 Å². The molecule has 1 aliphatic rings. The van der Waals surface area contributed by atoms with Gasteiger partial charge < -0.3 is 15.2 Å². The Balaban J connectivity index is 2.53. The van der Waals surface area contributed by atoms with Gasteiger partial charge in [-0.1, -0.05) is 0 Å². The van der Waals surface area contributed by atoms with Gasteiger partial charge in [-0.05, 0) is 25.0 Å². The van der Waals surface area contributed by atoms with Gasteiger partial charge in [-0.3, -0.25) is 0 Å². The van der Waals surface area contributed by atoms with Crippen molar-refractivity contribution >= 4 is 0 Å². The van der Waals surface area contributed by atoms with Gasteiger partial charge in [-0.15, -0.1) is 0 Å². The Kier molecular flexibility index (Phi) is 3.43. The lowest BCUT2D eigenvalue weighted by atomic mass is 9.93. The lowest BCUT2D eigenvalue weighted by molar-refractivity contribution is 0.146. The van der Waals surface area contributed by atoms with E-state index in [1.54, 1.807) is 6.07 Å². The number of methoxy groups -OCH3 is 2. The van der Waals surface area contributed by atoms with Gasteiger partial charge in [0.15, 0.2) is 0 Å². The average Bonchev–Trinajstić information content (AvgIpc) is 3.17. The summed E-state index contributed by atoms with van der Waals surface area (Å²) in [6.07, 6.45) is -0.676. The first-order valence-corrected chi connectivity index (χ1v) is 5.82. The summed E-state index contributed by atoms with van der Waals surface area (Å²) in [6.45, 7) is 0.487. The summed E-state index contributed by atoms with van der Waals surface area (Å²) in [5, 5.41) is 0. The van der Waals surface area contributed by atoms with Crippen LogP contribution in [-0.2, 0) is 5.41 Å². The third-order valence-electron chi connectivity index (χ3n) is 3.60. The third-order valence-corrected chi connectivity index (χ3v) is 3.60. The highest BCUT2D eigenvalue weighted by Crippen LogP contribution is 2.52. The lowest BCUT2D eigenvalue weighted by Crippen LogP contribution is -2.20.